The van der Waals surface area contributed by atoms with Gasteiger partial charge in [0.2, 0.25) is 0 Å². The summed E-state index contributed by atoms with van der Waals surface area (Å²) in [7, 11) is 0. The van der Waals surface area contributed by atoms with Gasteiger partial charge in [-0.25, -0.2) is 4.98 Å². The zero-order chi connectivity index (χ0) is 28.5. The summed E-state index contributed by atoms with van der Waals surface area (Å²) in [5.41, 5.74) is 6.96. The van der Waals surface area contributed by atoms with Gasteiger partial charge in [-0.05, 0) is 60.2 Å². The molecule has 3 aromatic rings. The van der Waals surface area contributed by atoms with Crippen molar-refractivity contribution >= 4 is 16.7 Å². The molecule has 0 amide bonds. The molecule has 1 N–H and O–H groups in total. The summed E-state index contributed by atoms with van der Waals surface area (Å²) in [5, 5.41) is 10.8. The minimum absolute atomic E-state index is 0. The molecule has 0 bridgehead atoms. The molecule has 3 rings (SSSR count). The molecule has 215 valence electrons. The molecule has 1 heterocycles. The van der Waals surface area contributed by atoms with Crippen LogP contribution in [0.5, 0.6) is 0 Å². The van der Waals surface area contributed by atoms with Gasteiger partial charge in [0.15, 0.2) is 5.78 Å². The Balaban J connectivity index is 0.000000418. The Hall–Kier alpha value is -2.36. The van der Waals surface area contributed by atoms with Gasteiger partial charge in [0, 0.05) is 38.0 Å². The number of hydrogen-bond acceptors (Lipinski definition) is 4. The van der Waals surface area contributed by atoms with E-state index in [1.807, 2.05) is 27.7 Å². The Labute approximate surface area is 250 Å². The molecule has 0 aliphatic carbocycles. The first-order valence-electron chi connectivity index (χ1n) is 14.1. The molecule has 0 atom stereocenters. The third-order valence-electron chi connectivity index (χ3n) is 6.92. The van der Waals surface area contributed by atoms with E-state index in [0.29, 0.717) is 0 Å². The molecule has 39 heavy (non-hydrogen) atoms. The van der Waals surface area contributed by atoms with Gasteiger partial charge in [0.05, 0.1) is 11.3 Å². The fourth-order valence-corrected chi connectivity index (χ4v) is 4.84. The summed E-state index contributed by atoms with van der Waals surface area (Å²) < 4.78 is 0. The van der Waals surface area contributed by atoms with Crippen molar-refractivity contribution in [2.75, 3.05) is 0 Å². The molecule has 4 nitrogen and oxygen atoms in total. The summed E-state index contributed by atoms with van der Waals surface area (Å²) >= 11 is 0. The molecule has 0 fully saturated rings. The van der Waals surface area contributed by atoms with Crippen LogP contribution in [-0.2, 0) is 31.3 Å². The average molecular weight is 708 g/mol. The Morgan fingerprint density at radius 3 is 2.10 bits per heavy atom. The van der Waals surface area contributed by atoms with Gasteiger partial charge in [-0.2, -0.15) is 0 Å². The number of aromatic nitrogens is 2. The van der Waals surface area contributed by atoms with Crippen molar-refractivity contribution in [2.24, 2.45) is 17.3 Å². The van der Waals surface area contributed by atoms with Crippen molar-refractivity contribution < 1.29 is 30.0 Å². The quantitative estimate of drug-likeness (QED) is 0.137. The van der Waals surface area contributed by atoms with E-state index in [1.54, 1.807) is 6.33 Å². The molecule has 0 saturated carbocycles. The van der Waals surface area contributed by atoms with Crippen LogP contribution in [0.4, 0.5) is 0 Å². The van der Waals surface area contributed by atoms with Crippen LogP contribution in [0.25, 0.3) is 22.2 Å². The third kappa shape index (κ3) is 10.6. The molecular formula is C34H47IrN2O2-. The maximum absolute atomic E-state index is 11.7. The van der Waals surface area contributed by atoms with Crippen LogP contribution in [0.2, 0.25) is 0 Å². The zero-order valence-corrected chi connectivity index (χ0v) is 27.7. The Morgan fingerprint density at radius 1 is 0.949 bits per heavy atom. The number of hydrogen-bond donors (Lipinski definition) is 1. The maximum Gasteiger partial charge on any atom is 0.162 e. The van der Waals surface area contributed by atoms with Gasteiger partial charge < -0.3 is 5.11 Å². The number of allylic oxidation sites excluding steroid dienone is 2. The van der Waals surface area contributed by atoms with Gasteiger partial charge in [-0.3, -0.25) is 9.78 Å². The second kappa shape index (κ2) is 16.0. The first kappa shape index (κ1) is 34.7. The van der Waals surface area contributed by atoms with Crippen LogP contribution in [0.15, 0.2) is 48.5 Å². The van der Waals surface area contributed by atoms with Crippen molar-refractivity contribution in [3.63, 3.8) is 0 Å². The third-order valence-corrected chi connectivity index (χ3v) is 6.92. The first-order chi connectivity index (χ1) is 17.9. The monoisotopic (exact) mass is 708 g/mol. The minimum Gasteiger partial charge on any atom is -0.512 e. The number of carbonyl (C=O) groups excluding carboxylic acids is 1. The number of aryl methyl sites for hydroxylation is 2. The number of nitrogens with zero attached hydrogens (tertiary/aromatic N) is 2. The molecule has 0 aliphatic heterocycles. The summed E-state index contributed by atoms with van der Waals surface area (Å²) in [5.74, 6) is 0.547. The van der Waals surface area contributed by atoms with E-state index in [-0.39, 0.29) is 48.9 Å². The molecule has 0 aliphatic rings. The van der Waals surface area contributed by atoms with Gasteiger partial charge in [0.1, 0.15) is 6.33 Å². The van der Waals surface area contributed by atoms with E-state index in [2.05, 4.69) is 81.0 Å². The first-order valence-corrected chi connectivity index (χ1v) is 14.1. The normalized spacial score (nSPS) is 11.8. The summed E-state index contributed by atoms with van der Waals surface area (Å²) in [6.45, 7) is 19.0. The van der Waals surface area contributed by atoms with Gasteiger partial charge >= 0.3 is 0 Å². The largest absolute Gasteiger partial charge is 0.512 e. The van der Waals surface area contributed by atoms with Gasteiger partial charge in [-0.15, -0.1) is 34.9 Å². The topological polar surface area (TPSA) is 63.1 Å². The molecule has 0 unspecified atom stereocenters. The van der Waals surface area contributed by atoms with Crippen molar-refractivity contribution in [3.8, 4) is 11.3 Å². The standard InChI is InChI=1S/C21H23N2.C13H24O2.Ir/c1-14-8-15(2)10-17(9-14)20-18-7-6-16(12-21(3,4)5)11-19(18)22-13-23-20;1-5-10(6-2)12(14)9-13(15)11(7-3)8-4;/h6-9,11,13H,12H2,1-5H3;9-11,14H,5-8H2,1-4H3;/q-1;;/b;12-9-;. The number of rotatable bonds is 9. The Bertz CT molecular complexity index is 1220. The second-order valence-corrected chi connectivity index (χ2v) is 11.6. The van der Waals surface area contributed by atoms with E-state index in [4.69, 9.17) is 0 Å². The molecule has 0 spiro atoms. The van der Waals surface area contributed by atoms with Crippen LogP contribution in [0.1, 0.15) is 90.8 Å². The molecular weight excluding hydrogens is 661 g/mol. The zero-order valence-electron chi connectivity index (χ0n) is 25.3. The van der Waals surface area contributed by atoms with E-state index >= 15 is 0 Å². The number of fused-ring (bicyclic) bond motifs is 1. The SMILES string of the molecule is CCC(CC)C(=O)/C=C(\O)C(CC)CC.Cc1[c-]c(-c2ncnc3cc(CC(C)(C)C)ccc23)cc(C)c1.[Ir]. The van der Waals surface area contributed by atoms with Crippen LogP contribution >= 0.6 is 0 Å². The predicted molar refractivity (Wildman–Crippen MR) is 160 cm³/mol. The van der Waals surface area contributed by atoms with E-state index in [9.17, 15) is 9.90 Å². The van der Waals surface area contributed by atoms with Gasteiger partial charge in [-0.1, -0.05) is 74.4 Å². The molecule has 1 radical (unpaired) electrons. The van der Waals surface area contributed by atoms with Crippen LogP contribution in [0.3, 0.4) is 0 Å². The van der Waals surface area contributed by atoms with Gasteiger partial charge in [0.25, 0.3) is 0 Å². The number of carbonyl (C=O) groups is 1. The summed E-state index contributed by atoms with van der Waals surface area (Å²) in [4.78, 5) is 20.7. The molecule has 2 aromatic carbocycles. The van der Waals surface area contributed by atoms with Crippen molar-refractivity contribution in [1.29, 1.82) is 0 Å². The number of benzene rings is 2. The number of ketones is 1. The van der Waals surface area contributed by atoms with E-state index < -0.39 is 0 Å². The Kier molecular flexibility index (Phi) is 14.3. The molecule has 1 aromatic heterocycles. The number of aliphatic hydroxyl groups excluding tert-OH is 1. The van der Waals surface area contributed by atoms with Crippen molar-refractivity contribution in [2.45, 2.75) is 94.4 Å². The predicted octanol–water partition coefficient (Wildman–Crippen LogP) is 9.17. The molecule has 0 saturated heterocycles. The van der Waals surface area contributed by atoms with Crippen LogP contribution < -0.4 is 0 Å². The average Bonchev–Trinajstić information content (AvgIpc) is 2.84. The fraction of sp³-hybridized carbons (Fsp3) is 0.500. The summed E-state index contributed by atoms with van der Waals surface area (Å²) in [6, 6.07) is 14.2. The molecule has 5 heteroatoms. The van der Waals surface area contributed by atoms with E-state index in [1.165, 1.54) is 17.2 Å². The smallest absolute Gasteiger partial charge is 0.162 e. The van der Waals surface area contributed by atoms with Crippen molar-refractivity contribution in [1.82, 2.24) is 9.97 Å². The van der Waals surface area contributed by atoms with Crippen molar-refractivity contribution in [3.05, 3.63) is 71.3 Å². The minimum atomic E-state index is 0. The summed E-state index contributed by atoms with van der Waals surface area (Å²) in [6.07, 6.45) is 7.60. The van der Waals surface area contributed by atoms with Crippen LogP contribution in [-0.4, -0.2) is 20.9 Å². The van der Waals surface area contributed by atoms with E-state index in [0.717, 1.165) is 59.8 Å². The fourth-order valence-electron chi connectivity index (χ4n) is 4.84. The maximum atomic E-state index is 11.7. The van der Waals surface area contributed by atoms with Crippen LogP contribution in [0, 0.1) is 37.2 Å². The second-order valence-electron chi connectivity index (χ2n) is 11.6. The Morgan fingerprint density at radius 2 is 1.56 bits per heavy atom. The number of aliphatic hydroxyl groups is 1.